The highest BCUT2D eigenvalue weighted by Crippen LogP contribution is 2.35. The van der Waals surface area contributed by atoms with Gasteiger partial charge in [0, 0.05) is 62.6 Å². The number of halogens is 4. The molecule has 0 fully saturated rings. The van der Waals surface area contributed by atoms with E-state index in [1.807, 2.05) is 48.5 Å². The van der Waals surface area contributed by atoms with Gasteiger partial charge in [-0.05, 0) is 106 Å². The molecule has 0 amide bonds. The van der Waals surface area contributed by atoms with Crippen molar-refractivity contribution in [3.63, 3.8) is 0 Å². The smallest absolute Gasteiger partial charge is 0.0725 e. The molecule has 0 aliphatic carbocycles. The molecule has 0 saturated carbocycles. The molecular weight excluding hydrogens is 610 g/mol. The zero-order chi connectivity index (χ0) is 29.8. The molecule has 43 heavy (non-hydrogen) atoms. The summed E-state index contributed by atoms with van der Waals surface area (Å²) >= 11 is 24.8. The van der Waals surface area contributed by atoms with E-state index in [1.54, 1.807) is 0 Å². The minimum atomic E-state index is 0.0699. The van der Waals surface area contributed by atoms with Crippen molar-refractivity contribution in [1.82, 2.24) is 0 Å². The van der Waals surface area contributed by atoms with Crippen LogP contribution in [0.15, 0.2) is 146 Å². The maximum Gasteiger partial charge on any atom is 0.0725 e. The van der Waals surface area contributed by atoms with Crippen LogP contribution in [0.25, 0.3) is 0 Å². The van der Waals surface area contributed by atoms with Crippen molar-refractivity contribution >= 4 is 46.4 Å². The lowest BCUT2D eigenvalue weighted by Crippen LogP contribution is -2.04. The van der Waals surface area contributed by atoms with Crippen LogP contribution < -0.4 is 0 Å². The lowest BCUT2D eigenvalue weighted by Gasteiger charge is -2.19. The number of rotatable bonds is 8. The van der Waals surface area contributed by atoms with Gasteiger partial charge in [-0.15, -0.1) is 0 Å². The van der Waals surface area contributed by atoms with Crippen LogP contribution in [-0.2, 0) is 0 Å². The summed E-state index contributed by atoms with van der Waals surface area (Å²) in [5.41, 5.74) is 9.37. The Kier molecular flexibility index (Phi) is 9.12. The van der Waals surface area contributed by atoms with E-state index in [4.69, 9.17) is 46.4 Å². The van der Waals surface area contributed by atoms with Crippen LogP contribution in [0.1, 0.15) is 56.3 Å². The minimum Gasteiger partial charge on any atom is -0.0843 e. The van der Waals surface area contributed by atoms with E-state index in [2.05, 4.69) is 103 Å². The van der Waals surface area contributed by atoms with Crippen LogP contribution in [0.5, 0.6) is 0 Å². The van der Waals surface area contributed by atoms with Gasteiger partial charge >= 0.3 is 0 Å². The predicted octanol–water partition coefficient (Wildman–Crippen LogP) is 12.3. The second kappa shape index (κ2) is 13.3. The summed E-state index contributed by atoms with van der Waals surface area (Å²) < 4.78 is 0. The Hall–Kier alpha value is -3.65. The molecule has 4 heteroatoms. The molecule has 0 spiro atoms. The predicted molar refractivity (Wildman–Crippen MR) is 183 cm³/mol. The molecule has 6 rings (SSSR count). The van der Waals surface area contributed by atoms with Crippen molar-refractivity contribution in [2.75, 3.05) is 0 Å². The monoisotopic (exact) mass is 635 g/mol. The minimum absolute atomic E-state index is 0.0699. The third-order valence-electron chi connectivity index (χ3n) is 7.69. The Morgan fingerprint density at radius 2 is 0.465 bits per heavy atom. The molecule has 0 N–H and O–H groups in total. The molecule has 0 aliphatic heterocycles. The molecule has 6 aromatic rings. The van der Waals surface area contributed by atoms with Crippen molar-refractivity contribution in [1.29, 1.82) is 0 Å². The number of hydrogen-bond donors (Lipinski definition) is 0. The van der Waals surface area contributed by atoms with Gasteiger partial charge in [-0.2, -0.15) is 0 Å². The zero-order valence-electron chi connectivity index (χ0n) is 23.1. The van der Waals surface area contributed by atoms with E-state index >= 15 is 0 Å². The Balaban J connectivity index is 1.24. The van der Waals surface area contributed by atoms with E-state index in [0.717, 1.165) is 31.2 Å². The van der Waals surface area contributed by atoms with Crippen molar-refractivity contribution in [2.24, 2.45) is 0 Å². The van der Waals surface area contributed by atoms with Crippen molar-refractivity contribution in [3.05, 3.63) is 217 Å². The first-order valence-electron chi connectivity index (χ1n) is 14.0. The van der Waals surface area contributed by atoms with Gasteiger partial charge in [0.1, 0.15) is 0 Å². The summed E-state index contributed by atoms with van der Waals surface area (Å²) in [6.45, 7) is 0. The lowest BCUT2D eigenvalue weighted by molar-refractivity contribution is 0.975. The topological polar surface area (TPSA) is 0 Å². The van der Waals surface area contributed by atoms with Crippen LogP contribution in [0.2, 0.25) is 20.1 Å². The van der Waals surface area contributed by atoms with Crippen molar-refractivity contribution in [3.8, 4) is 0 Å². The average Bonchev–Trinajstić information content (AvgIpc) is 3.03. The normalized spacial score (nSPS) is 11.2. The first kappa shape index (κ1) is 29.4. The maximum absolute atomic E-state index is 6.20. The van der Waals surface area contributed by atoms with Crippen molar-refractivity contribution in [2.45, 2.75) is 11.8 Å². The summed E-state index contributed by atoms with van der Waals surface area (Å²) in [5.74, 6) is 0.140. The van der Waals surface area contributed by atoms with Crippen molar-refractivity contribution < 1.29 is 0 Å². The van der Waals surface area contributed by atoms with Gasteiger partial charge in [-0.3, -0.25) is 0 Å². The molecule has 6 aromatic carbocycles. The highest BCUT2D eigenvalue weighted by Gasteiger charge is 2.20. The van der Waals surface area contributed by atoms with Gasteiger partial charge in [0.15, 0.2) is 0 Å². The second-order valence-corrected chi connectivity index (χ2v) is 12.3. The molecule has 0 bridgehead atoms. The Morgan fingerprint density at radius 1 is 0.279 bits per heavy atom. The first-order valence-corrected chi connectivity index (χ1v) is 15.5. The van der Waals surface area contributed by atoms with E-state index in [1.165, 1.54) is 33.4 Å². The molecule has 0 saturated heterocycles. The molecule has 0 aromatic heterocycles. The summed E-state index contributed by atoms with van der Waals surface area (Å²) in [5, 5.41) is 2.90. The third-order valence-corrected chi connectivity index (χ3v) is 8.69. The standard InChI is InChI=1S/C39H27Cl4/c40-34-17-9-30(10-18-34)38(31-11-19-35(41)20-12-31)28-5-1-26(2-6-28)25-27-3-7-29(8-4-27)39(32-13-21-36(42)22-14-32)33-15-23-37(43)24-16-33/h1-25,38-39H/q+1. The van der Waals surface area contributed by atoms with Crippen LogP contribution in [-0.4, -0.2) is 0 Å². The fourth-order valence-electron chi connectivity index (χ4n) is 5.54. The quantitative estimate of drug-likeness (QED) is 0.115. The summed E-state index contributed by atoms with van der Waals surface area (Å²) in [4.78, 5) is 0. The summed E-state index contributed by atoms with van der Waals surface area (Å²) in [6.07, 6.45) is 2.20. The van der Waals surface area contributed by atoms with E-state index in [0.29, 0.717) is 0 Å². The maximum atomic E-state index is 6.20. The van der Waals surface area contributed by atoms with Gasteiger partial charge in [-0.25, -0.2) is 0 Å². The summed E-state index contributed by atoms with van der Waals surface area (Å²) in [6, 6.07) is 49.7. The van der Waals surface area contributed by atoms with Crippen LogP contribution in [0.4, 0.5) is 0 Å². The number of hydrogen-bond acceptors (Lipinski definition) is 0. The number of benzene rings is 6. The molecular formula is C39H27Cl4+. The highest BCUT2D eigenvalue weighted by atomic mass is 35.5. The van der Waals surface area contributed by atoms with E-state index < -0.39 is 0 Å². The highest BCUT2D eigenvalue weighted by molar-refractivity contribution is 6.31. The molecule has 0 radical (unpaired) electrons. The zero-order valence-corrected chi connectivity index (χ0v) is 26.1. The molecule has 210 valence electrons. The second-order valence-electron chi connectivity index (χ2n) is 10.5. The van der Waals surface area contributed by atoms with Gasteiger partial charge < -0.3 is 0 Å². The van der Waals surface area contributed by atoms with E-state index in [9.17, 15) is 0 Å². The van der Waals surface area contributed by atoms with Gasteiger partial charge in [0.2, 0.25) is 0 Å². The van der Waals surface area contributed by atoms with E-state index in [-0.39, 0.29) is 11.8 Å². The van der Waals surface area contributed by atoms with Gasteiger partial charge in [0.25, 0.3) is 0 Å². The molecule has 0 unspecified atom stereocenters. The SMILES string of the molecule is Clc1ccc(C(c2ccc(Cl)cc2)c2ccc([CH+]c3ccc(C(c4ccc(Cl)cc4)c4ccc(Cl)cc4)cc3)cc2)cc1. The first-order chi connectivity index (χ1) is 20.9. The Bertz CT molecular complexity index is 1540. The van der Waals surface area contributed by atoms with Gasteiger partial charge in [0.05, 0.1) is 11.1 Å². The average molecular weight is 637 g/mol. The fourth-order valence-corrected chi connectivity index (χ4v) is 6.04. The van der Waals surface area contributed by atoms with Gasteiger partial charge in [-0.1, -0.05) is 94.9 Å². The fraction of sp³-hybridized carbons (Fsp3) is 0.0513. The van der Waals surface area contributed by atoms with Crippen LogP contribution >= 0.6 is 46.4 Å². The molecule has 0 atom stereocenters. The molecule has 0 heterocycles. The Morgan fingerprint density at radius 3 is 0.674 bits per heavy atom. The lowest BCUT2D eigenvalue weighted by atomic mass is 9.84. The third kappa shape index (κ3) is 7.12. The Labute approximate surface area is 273 Å². The largest absolute Gasteiger partial charge is 0.0843 e. The molecule has 0 aliphatic rings. The van der Waals surface area contributed by atoms with Crippen LogP contribution in [0.3, 0.4) is 0 Å². The van der Waals surface area contributed by atoms with Crippen LogP contribution in [0, 0.1) is 6.42 Å². The summed E-state index contributed by atoms with van der Waals surface area (Å²) in [7, 11) is 0. The molecule has 0 nitrogen and oxygen atoms in total.